The number of aromatic nitrogens is 4. The maximum atomic E-state index is 13.7. The van der Waals surface area contributed by atoms with Gasteiger partial charge in [-0.2, -0.15) is 0 Å². The first-order valence-corrected chi connectivity index (χ1v) is 9.96. The van der Waals surface area contributed by atoms with Crippen LogP contribution < -0.4 is 20.3 Å². The molecular weight excluding hydrogens is 398 g/mol. The molecule has 9 nitrogen and oxygen atoms in total. The number of rotatable bonds is 6. The Bertz CT molecular complexity index is 1260. The molecule has 0 bridgehead atoms. The smallest absolute Gasteiger partial charge is 0.280 e. The molecule has 0 saturated carbocycles. The molecule has 0 unspecified atom stereocenters. The van der Waals surface area contributed by atoms with Crippen LogP contribution in [-0.2, 0) is 4.74 Å². The third-order valence-electron chi connectivity index (χ3n) is 5.50. The minimum Gasteiger partial charge on any atom is -0.497 e. The zero-order chi connectivity index (χ0) is 21.5. The molecule has 9 heteroatoms. The first-order chi connectivity index (χ1) is 15.1. The summed E-state index contributed by atoms with van der Waals surface area (Å²) < 4.78 is 19.9. The first kappa shape index (κ1) is 19.3. The molecule has 2 aromatic heterocycles. The molecule has 4 aromatic rings. The van der Waals surface area contributed by atoms with Crippen LogP contribution in [0.2, 0.25) is 0 Å². The predicted octanol–water partition coefficient (Wildman–Crippen LogP) is 2.81. The molecule has 1 aliphatic heterocycles. The van der Waals surface area contributed by atoms with Gasteiger partial charge in [-0.1, -0.05) is 12.1 Å². The van der Waals surface area contributed by atoms with E-state index in [0.29, 0.717) is 41.9 Å². The Morgan fingerprint density at radius 2 is 1.84 bits per heavy atom. The van der Waals surface area contributed by atoms with E-state index < -0.39 is 0 Å². The fourth-order valence-electron chi connectivity index (χ4n) is 3.90. The molecule has 0 atom stereocenters. The van der Waals surface area contributed by atoms with E-state index in [9.17, 15) is 4.79 Å². The van der Waals surface area contributed by atoms with Crippen molar-refractivity contribution in [2.45, 2.75) is 6.04 Å². The fourth-order valence-corrected chi connectivity index (χ4v) is 3.90. The van der Waals surface area contributed by atoms with Crippen LogP contribution in [0.3, 0.4) is 0 Å². The second-order valence-corrected chi connectivity index (χ2v) is 7.30. The lowest BCUT2D eigenvalue weighted by atomic mass is 10.2. The predicted molar refractivity (Wildman–Crippen MR) is 118 cm³/mol. The van der Waals surface area contributed by atoms with Crippen molar-refractivity contribution in [3.63, 3.8) is 0 Å². The largest absolute Gasteiger partial charge is 0.497 e. The number of hydrogen-bond acceptors (Lipinski definition) is 6. The summed E-state index contributed by atoms with van der Waals surface area (Å²) in [5.74, 6) is 2.38. The van der Waals surface area contributed by atoms with Gasteiger partial charge in [0.15, 0.2) is 0 Å². The van der Waals surface area contributed by atoms with E-state index in [1.54, 1.807) is 32.0 Å². The standard InChI is InChI=1S/C22H23N5O4/c1-23-21-19(20-24-17-6-4-5-7-18(17)25-20)22(28)27(14-11-31-12-14)26(21)13-8-15(29-2)10-16(9-13)30-3/h4-10,14,23H,11-12H2,1-3H3,(H,24,25). The third kappa shape index (κ3) is 3.05. The second kappa shape index (κ2) is 7.51. The number of hydrogen-bond donors (Lipinski definition) is 2. The van der Waals surface area contributed by atoms with Crippen molar-refractivity contribution in [1.82, 2.24) is 19.3 Å². The van der Waals surface area contributed by atoms with Gasteiger partial charge in [0.25, 0.3) is 5.56 Å². The van der Waals surface area contributed by atoms with Crippen LogP contribution in [0.25, 0.3) is 28.1 Å². The van der Waals surface area contributed by atoms with E-state index >= 15 is 0 Å². The van der Waals surface area contributed by atoms with Crippen LogP contribution in [0.5, 0.6) is 11.5 Å². The number of nitrogens with zero attached hydrogens (tertiary/aromatic N) is 3. The van der Waals surface area contributed by atoms with Crippen molar-refractivity contribution in [2.24, 2.45) is 0 Å². The minimum absolute atomic E-state index is 0.0880. The van der Waals surface area contributed by atoms with Crippen LogP contribution in [0.1, 0.15) is 6.04 Å². The number of fused-ring (bicyclic) bond motifs is 1. The summed E-state index contributed by atoms with van der Waals surface area (Å²) in [7, 11) is 4.98. The van der Waals surface area contributed by atoms with Gasteiger partial charge in [-0.15, -0.1) is 0 Å². The van der Waals surface area contributed by atoms with Crippen molar-refractivity contribution in [3.05, 3.63) is 52.8 Å². The highest BCUT2D eigenvalue weighted by molar-refractivity contribution is 5.82. The normalized spacial score (nSPS) is 13.9. The van der Waals surface area contributed by atoms with Crippen molar-refractivity contribution >= 4 is 16.9 Å². The zero-order valence-electron chi connectivity index (χ0n) is 17.5. The number of nitrogens with one attached hydrogen (secondary N) is 2. The van der Waals surface area contributed by atoms with E-state index in [4.69, 9.17) is 14.2 Å². The summed E-state index contributed by atoms with van der Waals surface area (Å²) in [6, 6.07) is 13.1. The fraction of sp³-hybridized carbons (Fsp3) is 0.273. The number of benzene rings is 2. The molecule has 0 radical (unpaired) electrons. The van der Waals surface area contributed by atoms with Gasteiger partial charge >= 0.3 is 0 Å². The molecule has 31 heavy (non-hydrogen) atoms. The molecule has 0 spiro atoms. The summed E-state index contributed by atoms with van der Waals surface area (Å²) in [4.78, 5) is 21.6. The second-order valence-electron chi connectivity index (χ2n) is 7.30. The number of aromatic amines is 1. The molecule has 1 saturated heterocycles. The van der Waals surface area contributed by atoms with Crippen LogP contribution in [0.4, 0.5) is 5.82 Å². The van der Waals surface area contributed by atoms with Gasteiger partial charge < -0.3 is 24.5 Å². The Morgan fingerprint density at radius 3 is 2.42 bits per heavy atom. The highest BCUT2D eigenvalue weighted by Gasteiger charge is 2.32. The van der Waals surface area contributed by atoms with Crippen LogP contribution >= 0.6 is 0 Å². The van der Waals surface area contributed by atoms with E-state index in [-0.39, 0.29) is 11.6 Å². The molecule has 5 rings (SSSR count). The van der Waals surface area contributed by atoms with E-state index in [1.165, 1.54) is 0 Å². The summed E-state index contributed by atoms with van der Waals surface area (Å²) in [6.07, 6.45) is 0. The van der Waals surface area contributed by atoms with E-state index in [0.717, 1.165) is 16.7 Å². The average Bonchev–Trinajstić information content (AvgIpc) is 3.30. The monoisotopic (exact) mass is 421 g/mol. The number of imidazole rings is 1. The molecule has 0 aliphatic carbocycles. The van der Waals surface area contributed by atoms with Crippen molar-refractivity contribution in [1.29, 1.82) is 0 Å². The highest BCUT2D eigenvalue weighted by atomic mass is 16.5. The topological polar surface area (TPSA) is 95.3 Å². The van der Waals surface area contributed by atoms with E-state index in [1.807, 2.05) is 41.1 Å². The van der Waals surface area contributed by atoms with Gasteiger partial charge in [0.2, 0.25) is 0 Å². The summed E-state index contributed by atoms with van der Waals surface area (Å²) >= 11 is 0. The zero-order valence-corrected chi connectivity index (χ0v) is 17.5. The van der Waals surface area contributed by atoms with Gasteiger partial charge in [-0.05, 0) is 12.1 Å². The Balaban J connectivity index is 1.80. The molecule has 2 N–H and O–H groups in total. The lowest BCUT2D eigenvalue weighted by Crippen LogP contribution is -2.39. The van der Waals surface area contributed by atoms with Crippen LogP contribution in [0, 0.1) is 0 Å². The maximum Gasteiger partial charge on any atom is 0.280 e. The summed E-state index contributed by atoms with van der Waals surface area (Å²) in [6.45, 7) is 0.932. The Kier molecular flexibility index (Phi) is 4.67. The lowest BCUT2D eigenvalue weighted by Gasteiger charge is -2.29. The van der Waals surface area contributed by atoms with Crippen LogP contribution in [0.15, 0.2) is 47.3 Å². The van der Waals surface area contributed by atoms with Gasteiger partial charge in [-0.25, -0.2) is 14.3 Å². The van der Waals surface area contributed by atoms with Crippen LogP contribution in [-0.4, -0.2) is 53.8 Å². The Hall–Kier alpha value is -3.72. The van der Waals surface area contributed by atoms with Crippen molar-refractivity contribution < 1.29 is 14.2 Å². The van der Waals surface area contributed by atoms with E-state index in [2.05, 4.69) is 15.3 Å². The van der Waals surface area contributed by atoms with Gasteiger partial charge in [-0.3, -0.25) is 4.79 Å². The average molecular weight is 421 g/mol. The first-order valence-electron chi connectivity index (χ1n) is 9.96. The number of anilines is 1. The lowest BCUT2D eigenvalue weighted by molar-refractivity contribution is -0.0326. The van der Waals surface area contributed by atoms with Crippen molar-refractivity contribution in [2.75, 3.05) is 39.8 Å². The minimum atomic E-state index is -0.154. The number of ether oxygens (including phenoxy) is 3. The summed E-state index contributed by atoms with van der Waals surface area (Å²) in [5, 5.41) is 3.20. The maximum absolute atomic E-state index is 13.7. The van der Waals surface area contributed by atoms with Gasteiger partial charge in [0.1, 0.15) is 34.7 Å². The number of para-hydroxylation sites is 2. The SMILES string of the molecule is CNc1c(-c2nc3ccccc3[nH]2)c(=O)n(C2COC2)n1-c1cc(OC)cc(OC)c1. The number of H-pyrrole nitrogens is 1. The van der Waals surface area contributed by atoms with Crippen molar-refractivity contribution in [3.8, 4) is 28.6 Å². The van der Waals surface area contributed by atoms with Gasteiger partial charge in [0.05, 0.1) is 44.2 Å². The molecular formula is C22H23N5O4. The quantitative estimate of drug-likeness (QED) is 0.497. The number of methoxy groups -OCH3 is 2. The molecule has 0 amide bonds. The Labute approximate surface area is 178 Å². The third-order valence-corrected chi connectivity index (χ3v) is 5.50. The molecule has 160 valence electrons. The Morgan fingerprint density at radius 1 is 1.13 bits per heavy atom. The molecule has 1 fully saturated rings. The van der Waals surface area contributed by atoms with Gasteiger partial charge in [0, 0.05) is 25.2 Å². The molecule has 2 aromatic carbocycles. The summed E-state index contributed by atoms with van der Waals surface area (Å²) in [5.41, 5.74) is 2.71. The highest BCUT2D eigenvalue weighted by Crippen LogP contribution is 2.33. The molecule has 1 aliphatic rings. The molecule has 3 heterocycles.